The Labute approximate surface area is 96.3 Å². The summed E-state index contributed by atoms with van der Waals surface area (Å²) in [6.45, 7) is 2.12. The molecule has 0 aromatic heterocycles. The molecule has 0 radical (unpaired) electrons. The average molecular weight is 249 g/mol. The summed E-state index contributed by atoms with van der Waals surface area (Å²) in [7, 11) is -2.79. The second-order valence-corrected chi connectivity index (χ2v) is 6.90. The van der Waals surface area contributed by atoms with E-state index in [9.17, 15) is 8.42 Å². The summed E-state index contributed by atoms with van der Waals surface area (Å²) in [4.78, 5) is 2.14. The van der Waals surface area contributed by atoms with E-state index in [1.54, 1.807) is 0 Å². The lowest BCUT2D eigenvalue weighted by molar-refractivity contribution is -0.00226. The van der Waals surface area contributed by atoms with Crippen LogP contribution >= 0.6 is 0 Å². The molecular weight excluding hydrogens is 230 g/mol. The molecule has 2 rings (SSSR count). The number of ether oxygens (including phenoxy) is 1. The summed E-state index contributed by atoms with van der Waals surface area (Å²) in [6.07, 6.45) is 2.03. The zero-order valence-electron chi connectivity index (χ0n) is 9.34. The molecular formula is C10H19NO4S. The molecule has 94 valence electrons. The normalized spacial score (nSPS) is 35.3. The van der Waals surface area contributed by atoms with Gasteiger partial charge in [-0.25, -0.2) is 8.42 Å². The Morgan fingerprint density at radius 2 is 1.81 bits per heavy atom. The maximum Gasteiger partial charge on any atom is 0.152 e. The van der Waals surface area contributed by atoms with Crippen LogP contribution in [-0.2, 0) is 14.6 Å². The Morgan fingerprint density at radius 1 is 1.19 bits per heavy atom. The molecule has 6 heteroatoms. The minimum absolute atomic E-state index is 0.0153. The van der Waals surface area contributed by atoms with Crippen molar-refractivity contribution >= 4 is 9.84 Å². The van der Waals surface area contributed by atoms with Crippen LogP contribution in [0.15, 0.2) is 0 Å². The Hall–Kier alpha value is -0.170. The topological polar surface area (TPSA) is 66.8 Å². The van der Waals surface area contributed by atoms with Gasteiger partial charge >= 0.3 is 0 Å². The zero-order valence-corrected chi connectivity index (χ0v) is 10.2. The van der Waals surface area contributed by atoms with Gasteiger partial charge in [-0.05, 0) is 12.8 Å². The molecule has 0 saturated carbocycles. The maximum absolute atomic E-state index is 11.2. The Kier molecular flexibility index (Phi) is 3.84. The minimum atomic E-state index is -2.79. The Bertz CT molecular complexity index is 316. The highest BCUT2D eigenvalue weighted by atomic mass is 32.2. The van der Waals surface area contributed by atoms with Gasteiger partial charge in [-0.2, -0.15) is 0 Å². The quantitative estimate of drug-likeness (QED) is 0.713. The monoisotopic (exact) mass is 249 g/mol. The van der Waals surface area contributed by atoms with E-state index in [1.165, 1.54) is 0 Å². The van der Waals surface area contributed by atoms with Gasteiger partial charge in [-0.1, -0.05) is 0 Å². The molecule has 2 fully saturated rings. The fourth-order valence-electron chi connectivity index (χ4n) is 2.27. The first-order valence-corrected chi connectivity index (χ1v) is 7.60. The first kappa shape index (κ1) is 12.3. The van der Waals surface area contributed by atoms with Gasteiger partial charge in [0.1, 0.15) is 0 Å². The van der Waals surface area contributed by atoms with Gasteiger partial charge in [0.05, 0.1) is 30.3 Å². The molecule has 5 nitrogen and oxygen atoms in total. The average Bonchev–Trinajstić information content (AvgIpc) is 2.69. The van der Waals surface area contributed by atoms with E-state index in [0.29, 0.717) is 13.1 Å². The highest BCUT2D eigenvalue weighted by molar-refractivity contribution is 7.91. The van der Waals surface area contributed by atoms with Crippen molar-refractivity contribution in [3.8, 4) is 0 Å². The molecule has 0 aliphatic carbocycles. The van der Waals surface area contributed by atoms with E-state index in [-0.39, 0.29) is 30.3 Å². The Balaban J connectivity index is 1.75. The molecule has 2 saturated heterocycles. The molecule has 2 aliphatic heterocycles. The molecule has 0 bridgehead atoms. The lowest BCUT2D eigenvalue weighted by Gasteiger charge is -2.28. The second-order valence-electron chi connectivity index (χ2n) is 4.59. The van der Waals surface area contributed by atoms with Crippen LogP contribution in [0.5, 0.6) is 0 Å². The van der Waals surface area contributed by atoms with Crippen LogP contribution < -0.4 is 0 Å². The van der Waals surface area contributed by atoms with Gasteiger partial charge in [0.15, 0.2) is 9.84 Å². The predicted molar refractivity (Wildman–Crippen MR) is 60.1 cm³/mol. The molecule has 0 aromatic rings. The van der Waals surface area contributed by atoms with Crippen LogP contribution in [0.4, 0.5) is 0 Å². The van der Waals surface area contributed by atoms with E-state index in [1.807, 2.05) is 0 Å². The fourth-order valence-corrected chi connectivity index (χ4v) is 3.55. The summed E-state index contributed by atoms with van der Waals surface area (Å²) in [6, 6.07) is 0. The summed E-state index contributed by atoms with van der Waals surface area (Å²) < 4.78 is 28.1. The molecule has 0 aromatic carbocycles. The molecule has 0 spiro atoms. The summed E-state index contributed by atoms with van der Waals surface area (Å²) in [5.74, 6) is 0.534. The largest absolute Gasteiger partial charge is 0.394 e. The van der Waals surface area contributed by atoms with Crippen molar-refractivity contribution in [3.05, 3.63) is 0 Å². The number of aliphatic hydroxyl groups excluding tert-OH is 1. The summed E-state index contributed by atoms with van der Waals surface area (Å²) >= 11 is 0. The van der Waals surface area contributed by atoms with E-state index >= 15 is 0 Å². The third kappa shape index (κ3) is 3.16. The van der Waals surface area contributed by atoms with Crippen molar-refractivity contribution < 1.29 is 18.3 Å². The number of sulfone groups is 1. The lowest BCUT2D eigenvalue weighted by atomic mass is 10.2. The van der Waals surface area contributed by atoms with Crippen molar-refractivity contribution in [3.63, 3.8) is 0 Å². The van der Waals surface area contributed by atoms with Crippen molar-refractivity contribution in [2.75, 3.05) is 37.7 Å². The fraction of sp³-hybridized carbons (Fsp3) is 1.00. The predicted octanol–water partition coefficient (Wildman–Crippen LogP) is -0.743. The van der Waals surface area contributed by atoms with Crippen LogP contribution in [0.2, 0.25) is 0 Å². The first-order chi connectivity index (χ1) is 7.59. The summed E-state index contributed by atoms with van der Waals surface area (Å²) in [5.41, 5.74) is 0. The first-order valence-electron chi connectivity index (χ1n) is 5.78. The minimum Gasteiger partial charge on any atom is -0.394 e. The second kappa shape index (κ2) is 5.00. The third-order valence-electron chi connectivity index (χ3n) is 3.30. The van der Waals surface area contributed by atoms with Crippen molar-refractivity contribution in [1.82, 2.24) is 4.90 Å². The van der Waals surface area contributed by atoms with E-state index in [0.717, 1.165) is 19.4 Å². The van der Waals surface area contributed by atoms with Gasteiger partial charge in [-0.3, -0.25) is 4.90 Å². The van der Waals surface area contributed by atoms with Gasteiger partial charge in [0.25, 0.3) is 0 Å². The van der Waals surface area contributed by atoms with Crippen molar-refractivity contribution in [2.24, 2.45) is 0 Å². The molecule has 2 aliphatic rings. The van der Waals surface area contributed by atoms with Gasteiger partial charge in [0.2, 0.25) is 0 Å². The zero-order chi connectivity index (χ0) is 11.6. The highest BCUT2D eigenvalue weighted by Gasteiger charge is 2.28. The molecule has 2 heterocycles. The van der Waals surface area contributed by atoms with E-state index in [4.69, 9.17) is 9.84 Å². The number of hydrogen-bond acceptors (Lipinski definition) is 5. The van der Waals surface area contributed by atoms with Crippen LogP contribution in [0.25, 0.3) is 0 Å². The SMILES string of the molecule is O=S1(=O)CCN(C[C@@H]2CC[C@H](CO)O2)CC1. The van der Waals surface area contributed by atoms with Crippen molar-refractivity contribution in [1.29, 1.82) is 0 Å². The molecule has 16 heavy (non-hydrogen) atoms. The van der Waals surface area contributed by atoms with Crippen molar-refractivity contribution in [2.45, 2.75) is 25.0 Å². The molecule has 0 amide bonds. The number of hydrogen-bond donors (Lipinski definition) is 1. The van der Waals surface area contributed by atoms with Gasteiger partial charge in [-0.15, -0.1) is 0 Å². The maximum atomic E-state index is 11.2. The standard InChI is InChI=1S/C10H19NO4S/c12-8-10-2-1-9(15-10)7-11-3-5-16(13,14)6-4-11/h9-10,12H,1-8H2/t9-,10+/m0/s1. The van der Waals surface area contributed by atoms with E-state index in [2.05, 4.69) is 4.90 Å². The summed E-state index contributed by atoms with van der Waals surface area (Å²) in [5, 5.41) is 8.94. The smallest absolute Gasteiger partial charge is 0.152 e. The molecule has 1 N–H and O–H groups in total. The number of aliphatic hydroxyl groups is 1. The molecule has 0 unspecified atom stereocenters. The van der Waals surface area contributed by atoms with Crippen LogP contribution in [-0.4, -0.2) is 68.4 Å². The van der Waals surface area contributed by atoms with Gasteiger partial charge in [0, 0.05) is 19.6 Å². The Morgan fingerprint density at radius 3 is 2.38 bits per heavy atom. The van der Waals surface area contributed by atoms with Crippen LogP contribution in [0, 0.1) is 0 Å². The van der Waals surface area contributed by atoms with Gasteiger partial charge < -0.3 is 9.84 Å². The third-order valence-corrected chi connectivity index (χ3v) is 4.91. The van der Waals surface area contributed by atoms with Crippen LogP contribution in [0.1, 0.15) is 12.8 Å². The molecule has 2 atom stereocenters. The van der Waals surface area contributed by atoms with Crippen LogP contribution in [0.3, 0.4) is 0 Å². The number of nitrogens with zero attached hydrogens (tertiary/aromatic N) is 1. The van der Waals surface area contributed by atoms with E-state index < -0.39 is 9.84 Å². The number of rotatable bonds is 3. The lowest BCUT2D eigenvalue weighted by Crippen LogP contribution is -2.43. The highest BCUT2D eigenvalue weighted by Crippen LogP contribution is 2.20.